The fourth-order valence-electron chi connectivity index (χ4n) is 2.40. The van der Waals surface area contributed by atoms with Crippen LogP contribution in [0.25, 0.3) is 0 Å². The Morgan fingerprint density at radius 3 is 2.65 bits per heavy atom. The molecule has 0 radical (unpaired) electrons. The van der Waals surface area contributed by atoms with Gasteiger partial charge in [-0.2, -0.15) is 10.4 Å². The first-order valence-corrected chi connectivity index (χ1v) is 8.76. The summed E-state index contributed by atoms with van der Waals surface area (Å²) >= 11 is 3.34. The van der Waals surface area contributed by atoms with Gasteiger partial charge in [-0.25, -0.2) is 0 Å². The number of carbonyl (C=O) groups excluding carboxylic acids is 1. The highest BCUT2D eigenvalue weighted by atomic mass is 79.9. The standard InChI is InChI=1S/C19H17BrN4O2/c1-19(2,12-21)13-3-5-15(6-4-13)23-18(25)17-8-7-16(26-17)11-24-10-14(20)9-22-24/h3-10H,11H2,1-2H3,(H,23,25). The van der Waals surface area contributed by atoms with Gasteiger partial charge in [0.05, 0.1) is 28.7 Å². The molecule has 7 heteroatoms. The average Bonchev–Trinajstić information content (AvgIpc) is 3.25. The summed E-state index contributed by atoms with van der Waals surface area (Å²) in [7, 11) is 0. The lowest BCUT2D eigenvalue weighted by Gasteiger charge is -2.16. The molecule has 0 saturated heterocycles. The maximum absolute atomic E-state index is 12.3. The van der Waals surface area contributed by atoms with Gasteiger partial charge in [-0.1, -0.05) is 12.1 Å². The lowest BCUT2D eigenvalue weighted by atomic mass is 9.86. The Kier molecular flexibility index (Phi) is 4.96. The lowest BCUT2D eigenvalue weighted by molar-refractivity contribution is 0.0994. The van der Waals surface area contributed by atoms with Crippen LogP contribution in [0.15, 0.2) is 57.7 Å². The van der Waals surface area contributed by atoms with Crippen molar-refractivity contribution in [2.45, 2.75) is 25.8 Å². The number of furan rings is 1. The molecule has 6 nitrogen and oxygen atoms in total. The SMILES string of the molecule is CC(C)(C#N)c1ccc(NC(=O)c2ccc(Cn3cc(Br)cn3)o2)cc1. The molecule has 3 rings (SSSR count). The zero-order valence-electron chi connectivity index (χ0n) is 14.4. The molecule has 26 heavy (non-hydrogen) atoms. The Hall–Kier alpha value is -2.85. The van der Waals surface area contributed by atoms with Crippen LogP contribution in [-0.4, -0.2) is 15.7 Å². The number of nitriles is 1. The number of hydrogen-bond donors (Lipinski definition) is 1. The molecule has 3 aromatic rings. The Morgan fingerprint density at radius 1 is 1.31 bits per heavy atom. The molecular formula is C19H17BrN4O2. The highest BCUT2D eigenvalue weighted by molar-refractivity contribution is 9.10. The van der Waals surface area contributed by atoms with Gasteiger partial charge in [0.2, 0.25) is 0 Å². The highest BCUT2D eigenvalue weighted by Gasteiger charge is 2.19. The van der Waals surface area contributed by atoms with Gasteiger partial charge >= 0.3 is 0 Å². The number of rotatable bonds is 5. The molecule has 0 fully saturated rings. The van der Waals surface area contributed by atoms with Crippen LogP contribution in [0.1, 0.15) is 35.7 Å². The minimum atomic E-state index is -0.569. The van der Waals surface area contributed by atoms with Crippen molar-refractivity contribution in [3.63, 3.8) is 0 Å². The Labute approximate surface area is 159 Å². The van der Waals surface area contributed by atoms with Crippen LogP contribution in [0.5, 0.6) is 0 Å². The van der Waals surface area contributed by atoms with E-state index in [-0.39, 0.29) is 11.7 Å². The van der Waals surface area contributed by atoms with Gasteiger partial charge in [-0.3, -0.25) is 9.48 Å². The molecule has 0 aliphatic heterocycles. The molecule has 0 aliphatic carbocycles. The van der Waals surface area contributed by atoms with Crippen molar-refractivity contribution in [3.05, 3.63) is 70.3 Å². The molecular weight excluding hydrogens is 396 g/mol. The van der Waals surface area contributed by atoms with Gasteiger partial charge in [-0.05, 0) is 59.6 Å². The predicted octanol–water partition coefficient (Wildman–Crippen LogP) is 4.34. The first-order chi connectivity index (χ1) is 12.4. The van der Waals surface area contributed by atoms with E-state index in [4.69, 9.17) is 4.42 Å². The summed E-state index contributed by atoms with van der Waals surface area (Å²) in [5, 5.41) is 16.1. The number of amides is 1. The Morgan fingerprint density at radius 2 is 2.04 bits per heavy atom. The maximum Gasteiger partial charge on any atom is 0.291 e. The van der Waals surface area contributed by atoms with E-state index in [0.29, 0.717) is 18.0 Å². The van der Waals surface area contributed by atoms with Crippen LogP contribution in [0.2, 0.25) is 0 Å². The number of anilines is 1. The summed E-state index contributed by atoms with van der Waals surface area (Å²) in [6.07, 6.45) is 3.51. The van der Waals surface area contributed by atoms with Crippen molar-refractivity contribution in [2.75, 3.05) is 5.32 Å². The summed E-state index contributed by atoms with van der Waals surface area (Å²) in [6, 6.07) is 12.9. The summed E-state index contributed by atoms with van der Waals surface area (Å²) < 4.78 is 8.18. The molecule has 0 saturated carbocycles. The van der Waals surface area contributed by atoms with Crippen molar-refractivity contribution in [2.24, 2.45) is 0 Å². The van der Waals surface area contributed by atoms with Crippen molar-refractivity contribution in [1.29, 1.82) is 5.26 Å². The second-order valence-electron chi connectivity index (χ2n) is 6.39. The monoisotopic (exact) mass is 412 g/mol. The van der Waals surface area contributed by atoms with Crippen LogP contribution in [0.3, 0.4) is 0 Å². The molecule has 0 aliphatic rings. The minimum absolute atomic E-state index is 0.229. The smallest absolute Gasteiger partial charge is 0.291 e. The third-order valence-electron chi connectivity index (χ3n) is 3.95. The predicted molar refractivity (Wildman–Crippen MR) is 101 cm³/mol. The second kappa shape index (κ2) is 7.18. The van der Waals surface area contributed by atoms with Crippen LogP contribution in [-0.2, 0) is 12.0 Å². The maximum atomic E-state index is 12.3. The molecule has 2 heterocycles. The zero-order valence-corrected chi connectivity index (χ0v) is 15.9. The van der Waals surface area contributed by atoms with Crippen LogP contribution in [0.4, 0.5) is 5.69 Å². The summed E-state index contributed by atoms with van der Waals surface area (Å²) in [5.41, 5.74) is 0.963. The largest absolute Gasteiger partial charge is 0.454 e. The van der Waals surface area contributed by atoms with E-state index in [0.717, 1.165) is 10.0 Å². The average molecular weight is 413 g/mol. The van der Waals surface area contributed by atoms with Crippen molar-refractivity contribution < 1.29 is 9.21 Å². The molecule has 1 aromatic carbocycles. The molecule has 1 amide bonds. The number of carbonyl (C=O) groups is 1. The van der Waals surface area contributed by atoms with Crippen LogP contribution in [0, 0.1) is 11.3 Å². The Balaban J connectivity index is 1.66. The van der Waals surface area contributed by atoms with E-state index < -0.39 is 5.41 Å². The number of hydrogen-bond acceptors (Lipinski definition) is 4. The Bertz CT molecular complexity index is 964. The molecule has 0 bridgehead atoms. The summed E-state index contributed by atoms with van der Waals surface area (Å²) in [5.74, 6) is 0.537. The molecule has 0 atom stereocenters. The van der Waals surface area contributed by atoms with Crippen LogP contribution >= 0.6 is 15.9 Å². The lowest BCUT2D eigenvalue weighted by Crippen LogP contribution is -2.14. The molecule has 132 valence electrons. The van der Waals surface area contributed by atoms with E-state index >= 15 is 0 Å². The fourth-order valence-corrected chi connectivity index (χ4v) is 2.72. The normalized spacial score (nSPS) is 11.2. The third-order valence-corrected chi connectivity index (χ3v) is 4.36. The van der Waals surface area contributed by atoms with E-state index in [1.165, 1.54) is 0 Å². The minimum Gasteiger partial charge on any atom is -0.454 e. The second-order valence-corrected chi connectivity index (χ2v) is 7.31. The van der Waals surface area contributed by atoms with Gasteiger partial charge in [0, 0.05) is 11.9 Å². The number of aromatic nitrogens is 2. The first-order valence-electron chi connectivity index (χ1n) is 7.97. The van der Waals surface area contributed by atoms with Gasteiger partial charge in [-0.15, -0.1) is 0 Å². The van der Waals surface area contributed by atoms with E-state index in [9.17, 15) is 10.1 Å². The number of nitrogens with zero attached hydrogens (tertiary/aromatic N) is 3. The fraction of sp³-hybridized carbons (Fsp3) is 0.211. The summed E-state index contributed by atoms with van der Waals surface area (Å²) in [4.78, 5) is 12.3. The van der Waals surface area contributed by atoms with Gasteiger partial charge in [0.1, 0.15) is 5.76 Å². The summed E-state index contributed by atoms with van der Waals surface area (Å²) in [6.45, 7) is 4.14. The molecule has 2 aromatic heterocycles. The molecule has 0 unspecified atom stereocenters. The topological polar surface area (TPSA) is 83.9 Å². The van der Waals surface area contributed by atoms with E-state index in [1.807, 2.05) is 32.2 Å². The highest BCUT2D eigenvalue weighted by Crippen LogP contribution is 2.24. The van der Waals surface area contributed by atoms with E-state index in [1.54, 1.807) is 35.1 Å². The van der Waals surface area contributed by atoms with Crippen molar-refractivity contribution in [1.82, 2.24) is 9.78 Å². The number of halogens is 1. The number of nitrogens with one attached hydrogen (secondary N) is 1. The first kappa shape index (κ1) is 18.0. The quantitative estimate of drug-likeness (QED) is 0.675. The van der Waals surface area contributed by atoms with Crippen LogP contribution < -0.4 is 5.32 Å². The zero-order chi connectivity index (χ0) is 18.7. The van der Waals surface area contributed by atoms with Gasteiger partial charge in [0.25, 0.3) is 5.91 Å². The van der Waals surface area contributed by atoms with Gasteiger partial charge < -0.3 is 9.73 Å². The van der Waals surface area contributed by atoms with E-state index in [2.05, 4.69) is 32.4 Å². The van der Waals surface area contributed by atoms with Gasteiger partial charge in [0.15, 0.2) is 5.76 Å². The third kappa shape index (κ3) is 4.03. The number of benzene rings is 1. The molecule has 1 N–H and O–H groups in total. The van der Waals surface area contributed by atoms with Crippen molar-refractivity contribution >= 4 is 27.5 Å². The van der Waals surface area contributed by atoms with Crippen molar-refractivity contribution in [3.8, 4) is 6.07 Å². The molecule has 0 spiro atoms.